The van der Waals surface area contributed by atoms with Crippen LogP contribution in [0.5, 0.6) is 5.75 Å². The molecule has 2 N–H and O–H groups in total. The number of hydrogen-bond donors (Lipinski definition) is 1. The fourth-order valence-corrected chi connectivity index (χ4v) is 4.27. The Kier molecular flexibility index (Phi) is 3.73. The summed E-state index contributed by atoms with van der Waals surface area (Å²) in [6.45, 7) is 2.10. The molecule has 3 rings (SSSR count). The van der Waals surface area contributed by atoms with Gasteiger partial charge in [0.25, 0.3) is 0 Å². The summed E-state index contributed by atoms with van der Waals surface area (Å²) in [6, 6.07) is 8.18. The van der Waals surface area contributed by atoms with E-state index in [1.165, 1.54) is 9.75 Å². The van der Waals surface area contributed by atoms with Gasteiger partial charge in [-0.2, -0.15) is 0 Å². The second kappa shape index (κ2) is 5.20. The zero-order valence-electron chi connectivity index (χ0n) is 10.3. The molecule has 0 saturated heterocycles. The molecule has 0 radical (unpaired) electrons. The van der Waals surface area contributed by atoms with E-state index < -0.39 is 0 Å². The molecule has 2 nitrogen and oxygen atoms in total. The third kappa shape index (κ3) is 2.61. The average Bonchev–Trinajstić information content (AvgIpc) is 2.70. The minimum Gasteiger partial charge on any atom is -0.484 e. The van der Waals surface area contributed by atoms with Gasteiger partial charge in [-0.25, -0.2) is 0 Å². The molecule has 19 heavy (non-hydrogen) atoms. The summed E-state index contributed by atoms with van der Waals surface area (Å²) in [5, 5.41) is 0. The zero-order chi connectivity index (χ0) is 13.6. The molecule has 2 aromatic rings. The Morgan fingerprint density at radius 2 is 2.11 bits per heavy atom. The highest BCUT2D eigenvalue weighted by molar-refractivity contribution is 9.10. The first-order chi connectivity index (χ1) is 9.04. The molecule has 0 spiro atoms. The third-order valence-electron chi connectivity index (χ3n) is 3.30. The Bertz CT molecular complexity index is 606. The Labute approximate surface area is 133 Å². The van der Waals surface area contributed by atoms with Crippen LogP contribution in [0.4, 0.5) is 0 Å². The van der Waals surface area contributed by atoms with Crippen molar-refractivity contribution in [2.24, 2.45) is 5.73 Å². The van der Waals surface area contributed by atoms with Crippen molar-refractivity contribution in [3.05, 3.63) is 48.5 Å². The maximum Gasteiger partial charge on any atom is 0.135 e. The summed E-state index contributed by atoms with van der Waals surface area (Å²) in [5.74, 6) is 0.897. The second-order valence-corrected chi connectivity index (χ2v) is 7.74. The number of fused-ring (bicyclic) bond motifs is 1. The number of halogens is 2. The minimum absolute atomic E-state index is 0.0208. The number of thiophene rings is 1. The van der Waals surface area contributed by atoms with E-state index in [9.17, 15) is 0 Å². The SMILES string of the molecule is Cc1sc(C2CC(N)c3cc(Br)ccc3O2)cc1Br. The molecule has 2 unspecified atom stereocenters. The van der Waals surface area contributed by atoms with Crippen molar-refractivity contribution in [2.75, 3.05) is 0 Å². The van der Waals surface area contributed by atoms with Gasteiger partial charge in [-0.1, -0.05) is 15.9 Å². The largest absolute Gasteiger partial charge is 0.484 e. The highest BCUT2D eigenvalue weighted by Gasteiger charge is 2.28. The lowest BCUT2D eigenvalue weighted by Gasteiger charge is -2.29. The average molecular weight is 403 g/mol. The standard InChI is InChI=1S/C14H13Br2NOS/c1-7-10(16)5-14(19-7)13-6-11(17)9-4-8(15)2-3-12(9)18-13/h2-5,11,13H,6,17H2,1H3. The zero-order valence-corrected chi connectivity index (χ0v) is 14.3. The first kappa shape index (κ1) is 13.6. The van der Waals surface area contributed by atoms with Gasteiger partial charge in [0.1, 0.15) is 11.9 Å². The van der Waals surface area contributed by atoms with E-state index in [1.54, 1.807) is 11.3 Å². The van der Waals surface area contributed by atoms with Crippen molar-refractivity contribution in [2.45, 2.75) is 25.5 Å². The smallest absolute Gasteiger partial charge is 0.135 e. The summed E-state index contributed by atoms with van der Waals surface area (Å²) >= 11 is 8.80. The number of aryl methyl sites for hydroxylation is 1. The maximum absolute atomic E-state index is 6.28. The van der Waals surface area contributed by atoms with Crippen LogP contribution < -0.4 is 10.5 Å². The van der Waals surface area contributed by atoms with Crippen LogP contribution >= 0.6 is 43.2 Å². The van der Waals surface area contributed by atoms with Crippen LogP contribution in [0.1, 0.15) is 33.9 Å². The van der Waals surface area contributed by atoms with Crippen molar-refractivity contribution < 1.29 is 4.74 Å². The van der Waals surface area contributed by atoms with E-state index in [-0.39, 0.29) is 12.1 Å². The fourth-order valence-electron chi connectivity index (χ4n) is 2.29. The molecule has 1 aliphatic rings. The van der Waals surface area contributed by atoms with Gasteiger partial charge in [-0.05, 0) is 47.1 Å². The monoisotopic (exact) mass is 401 g/mol. The first-order valence-corrected chi connectivity index (χ1v) is 8.42. The molecule has 1 aromatic carbocycles. The van der Waals surface area contributed by atoms with Gasteiger partial charge in [0.15, 0.2) is 0 Å². The quantitative estimate of drug-likeness (QED) is 0.719. The normalized spacial score (nSPS) is 21.9. The van der Waals surface area contributed by atoms with Crippen molar-refractivity contribution in [1.29, 1.82) is 0 Å². The highest BCUT2D eigenvalue weighted by atomic mass is 79.9. The van der Waals surface area contributed by atoms with Crippen LogP contribution in [0.25, 0.3) is 0 Å². The number of nitrogens with two attached hydrogens (primary N) is 1. The molecule has 0 aliphatic carbocycles. The van der Waals surface area contributed by atoms with Gasteiger partial charge in [0, 0.05) is 36.7 Å². The van der Waals surface area contributed by atoms with Crippen LogP contribution in [-0.4, -0.2) is 0 Å². The molecular formula is C14H13Br2NOS. The van der Waals surface area contributed by atoms with Gasteiger partial charge in [-0.15, -0.1) is 11.3 Å². The Morgan fingerprint density at radius 1 is 1.32 bits per heavy atom. The van der Waals surface area contributed by atoms with Gasteiger partial charge in [-0.3, -0.25) is 0 Å². The number of rotatable bonds is 1. The highest BCUT2D eigenvalue weighted by Crippen LogP contribution is 2.43. The van der Waals surface area contributed by atoms with E-state index >= 15 is 0 Å². The van der Waals surface area contributed by atoms with E-state index in [0.29, 0.717) is 0 Å². The van der Waals surface area contributed by atoms with E-state index in [2.05, 4.69) is 44.8 Å². The molecule has 5 heteroatoms. The number of benzene rings is 1. The lowest BCUT2D eigenvalue weighted by atomic mass is 9.97. The lowest BCUT2D eigenvalue weighted by Crippen LogP contribution is -2.23. The third-order valence-corrected chi connectivity index (χ3v) is 6.02. The summed E-state index contributed by atoms with van der Waals surface area (Å²) < 4.78 is 8.29. The molecule has 2 heterocycles. The fraction of sp³-hybridized carbons (Fsp3) is 0.286. The van der Waals surface area contributed by atoms with E-state index in [0.717, 1.165) is 26.7 Å². The molecule has 0 amide bonds. The lowest BCUT2D eigenvalue weighted by molar-refractivity contribution is 0.165. The Hall–Kier alpha value is -0.360. The molecular weight excluding hydrogens is 390 g/mol. The summed E-state index contributed by atoms with van der Waals surface area (Å²) in [4.78, 5) is 2.50. The van der Waals surface area contributed by atoms with Crippen LogP contribution in [0.2, 0.25) is 0 Å². The first-order valence-electron chi connectivity index (χ1n) is 6.02. The van der Waals surface area contributed by atoms with Gasteiger partial charge >= 0.3 is 0 Å². The number of hydrogen-bond acceptors (Lipinski definition) is 3. The minimum atomic E-state index is 0.0208. The van der Waals surface area contributed by atoms with Crippen molar-refractivity contribution in [1.82, 2.24) is 0 Å². The Morgan fingerprint density at radius 3 is 2.79 bits per heavy atom. The molecule has 0 bridgehead atoms. The van der Waals surface area contributed by atoms with Crippen LogP contribution in [0, 0.1) is 6.92 Å². The maximum atomic E-state index is 6.28. The van der Waals surface area contributed by atoms with Gasteiger partial charge in [0.05, 0.1) is 0 Å². The van der Waals surface area contributed by atoms with Crippen LogP contribution in [0.15, 0.2) is 33.2 Å². The van der Waals surface area contributed by atoms with E-state index in [4.69, 9.17) is 10.5 Å². The predicted octanol–water partition coefficient (Wildman–Crippen LogP) is 5.11. The topological polar surface area (TPSA) is 35.2 Å². The molecule has 2 atom stereocenters. The molecule has 1 aliphatic heterocycles. The van der Waals surface area contributed by atoms with Crippen molar-refractivity contribution in [3.8, 4) is 5.75 Å². The second-order valence-electron chi connectivity index (χ2n) is 4.68. The van der Waals surface area contributed by atoms with E-state index in [1.807, 2.05) is 18.2 Å². The summed E-state index contributed by atoms with van der Waals surface area (Å²) in [6.07, 6.45) is 0.870. The van der Waals surface area contributed by atoms with Crippen molar-refractivity contribution >= 4 is 43.2 Å². The molecule has 1 aromatic heterocycles. The van der Waals surface area contributed by atoms with Crippen LogP contribution in [-0.2, 0) is 0 Å². The number of ether oxygens (including phenoxy) is 1. The molecule has 0 fully saturated rings. The molecule has 100 valence electrons. The van der Waals surface area contributed by atoms with Gasteiger partial charge < -0.3 is 10.5 Å². The van der Waals surface area contributed by atoms with Crippen LogP contribution in [0.3, 0.4) is 0 Å². The Balaban J connectivity index is 1.94. The van der Waals surface area contributed by atoms with Gasteiger partial charge in [0.2, 0.25) is 0 Å². The summed E-state index contributed by atoms with van der Waals surface area (Å²) in [7, 11) is 0. The molecule has 0 saturated carbocycles. The van der Waals surface area contributed by atoms with Crippen molar-refractivity contribution in [3.63, 3.8) is 0 Å². The summed E-state index contributed by atoms with van der Waals surface area (Å²) in [5.41, 5.74) is 7.36. The predicted molar refractivity (Wildman–Crippen MR) is 85.8 cm³/mol.